The average molecular weight is 411 g/mol. The molecular formula is C23H23FN2O2S. The molecule has 29 heavy (non-hydrogen) atoms. The van der Waals surface area contributed by atoms with Crippen LogP contribution in [0.1, 0.15) is 48.5 Å². The van der Waals surface area contributed by atoms with Crippen molar-refractivity contribution in [3.8, 4) is 0 Å². The summed E-state index contributed by atoms with van der Waals surface area (Å²) in [6, 6.07) is 12.2. The van der Waals surface area contributed by atoms with Gasteiger partial charge in [-0.1, -0.05) is 20.8 Å². The van der Waals surface area contributed by atoms with Gasteiger partial charge < -0.3 is 22.0 Å². The van der Waals surface area contributed by atoms with E-state index in [4.69, 9.17) is 17.0 Å². The highest BCUT2D eigenvalue weighted by Gasteiger charge is 2.29. The molecule has 0 saturated carbocycles. The number of rotatable bonds is 6. The minimum Gasteiger partial charge on any atom is -0.758 e. The second kappa shape index (κ2) is 8.66. The quantitative estimate of drug-likeness (QED) is 0.197. The monoisotopic (exact) mass is 410 g/mol. The average Bonchev–Trinajstić information content (AvgIpc) is 3.20. The van der Waals surface area contributed by atoms with E-state index in [1.165, 1.54) is 24.3 Å². The lowest BCUT2D eigenvalue weighted by atomic mass is 9.88. The van der Waals surface area contributed by atoms with Crippen LogP contribution in [-0.2, 0) is 24.6 Å². The van der Waals surface area contributed by atoms with Gasteiger partial charge in [0.2, 0.25) is 11.8 Å². The van der Waals surface area contributed by atoms with Crippen molar-refractivity contribution in [2.45, 2.75) is 38.8 Å². The Bertz CT molecular complexity index is 989. The molecule has 3 aromatic rings. The first-order valence-electron chi connectivity index (χ1n) is 9.30. The van der Waals surface area contributed by atoms with Crippen molar-refractivity contribution in [1.29, 1.82) is 0 Å². The molecule has 0 spiro atoms. The highest BCUT2D eigenvalue weighted by molar-refractivity contribution is 7.77. The van der Waals surface area contributed by atoms with Gasteiger partial charge in [-0.3, -0.25) is 4.79 Å². The van der Waals surface area contributed by atoms with Crippen LogP contribution in [0.2, 0.25) is 0 Å². The molecule has 0 bridgehead atoms. The zero-order chi connectivity index (χ0) is 21.0. The number of ketones is 1. The van der Waals surface area contributed by atoms with E-state index < -0.39 is 11.9 Å². The summed E-state index contributed by atoms with van der Waals surface area (Å²) in [4.78, 5) is 17.6. The third-order valence-corrected chi connectivity index (χ3v) is 4.95. The highest BCUT2D eigenvalue weighted by atomic mass is 32.1. The summed E-state index contributed by atoms with van der Waals surface area (Å²) in [7, 11) is 0. The molecule has 0 saturated heterocycles. The Morgan fingerprint density at radius 2 is 1.79 bits per heavy atom. The van der Waals surface area contributed by atoms with E-state index in [1.54, 1.807) is 23.0 Å². The summed E-state index contributed by atoms with van der Waals surface area (Å²) in [5.74, 6) is 0.0190. The van der Waals surface area contributed by atoms with Crippen molar-refractivity contribution >= 4 is 23.5 Å². The molecule has 1 atom stereocenters. The molecule has 0 aliphatic heterocycles. The molecule has 0 fully saturated rings. The van der Waals surface area contributed by atoms with Crippen LogP contribution in [0.15, 0.2) is 76.6 Å². The Morgan fingerprint density at radius 3 is 2.34 bits per heavy atom. The number of nitrogens with zero attached hydrogens (tertiary/aromatic N) is 2. The number of aromatic nitrogens is 1. The standard InChI is InChI=1S/C23H23FN2O2S/c1-23(2,3)17-10-12-26(13-11-17)20(21(27)16-6-8-18(24)9-7-16)22(29)25-15-19-5-4-14-28-19/h4-14,20H,15H2,1-3H3/t20-/m0/s1. The lowest BCUT2D eigenvalue weighted by Crippen LogP contribution is -2.47. The smallest absolute Gasteiger partial charge is 0.237 e. The SMILES string of the molecule is CC(C)(C)c1cc[n+]([C@@H](C(=O)c2ccc(F)cc2)C([S-])=NCc2ccco2)cc1. The maximum absolute atomic E-state index is 13.3. The molecule has 0 N–H and O–H groups in total. The van der Waals surface area contributed by atoms with E-state index in [-0.39, 0.29) is 22.8 Å². The Morgan fingerprint density at radius 1 is 1.14 bits per heavy atom. The largest absolute Gasteiger partial charge is 0.758 e. The summed E-state index contributed by atoms with van der Waals surface area (Å²) in [5, 5.41) is 0.240. The number of pyridine rings is 1. The van der Waals surface area contributed by atoms with E-state index in [0.29, 0.717) is 11.3 Å². The maximum atomic E-state index is 13.3. The normalized spacial score (nSPS) is 13.3. The van der Waals surface area contributed by atoms with Crippen LogP contribution in [0, 0.1) is 5.82 Å². The predicted octanol–water partition coefficient (Wildman–Crippen LogP) is 4.57. The number of Topliss-reactive ketones (excluding diaryl/α,β-unsaturated/α-hetero) is 1. The van der Waals surface area contributed by atoms with Gasteiger partial charge in [0.05, 0.1) is 12.8 Å². The minimum atomic E-state index is -0.806. The number of hydrogen-bond acceptors (Lipinski definition) is 4. The molecule has 0 radical (unpaired) electrons. The Kier molecular flexibility index (Phi) is 6.23. The summed E-state index contributed by atoms with van der Waals surface area (Å²) in [5.41, 5.74) is 1.50. The fourth-order valence-corrected chi connectivity index (χ4v) is 3.20. The van der Waals surface area contributed by atoms with Gasteiger partial charge in [-0.25, -0.2) is 4.39 Å². The molecule has 0 aliphatic rings. The van der Waals surface area contributed by atoms with Crippen LogP contribution >= 0.6 is 0 Å². The molecule has 2 heterocycles. The molecule has 0 amide bonds. The van der Waals surface area contributed by atoms with Crippen molar-refractivity contribution in [1.82, 2.24) is 0 Å². The number of halogens is 1. The van der Waals surface area contributed by atoms with Crippen LogP contribution in [0.5, 0.6) is 0 Å². The lowest BCUT2D eigenvalue weighted by molar-refractivity contribution is -0.692. The number of carbonyl (C=O) groups is 1. The van der Waals surface area contributed by atoms with Gasteiger partial charge in [0.25, 0.3) is 0 Å². The maximum Gasteiger partial charge on any atom is 0.237 e. The zero-order valence-corrected chi connectivity index (χ0v) is 17.4. The second-order valence-electron chi connectivity index (χ2n) is 7.79. The molecule has 4 nitrogen and oxygen atoms in total. The fourth-order valence-electron chi connectivity index (χ4n) is 2.90. The van der Waals surface area contributed by atoms with Gasteiger partial charge in [-0.05, 0) is 52.4 Å². The fraction of sp³-hybridized carbons (Fsp3) is 0.261. The summed E-state index contributed by atoms with van der Waals surface area (Å²) in [6.07, 6.45) is 5.23. The molecule has 150 valence electrons. The van der Waals surface area contributed by atoms with E-state index in [0.717, 1.165) is 5.56 Å². The topological polar surface area (TPSA) is 46.5 Å². The van der Waals surface area contributed by atoms with Crippen molar-refractivity contribution in [2.75, 3.05) is 0 Å². The molecule has 6 heteroatoms. The summed E-state index contributed by atoms with van der Waals surface area (Å²) >= 11 is 5.51. The highest BCUT2D eigenvalue weighted by Crippen LogP contribution is 2.21. The number of aliphatic imine (C=N–C) groups is 1. The van der Waals surface area contributed by atoms with E-state index in [2.05, 4.69) is 25.8 Å². The molecule has 2 aromatic heterocycles. The zero-order valence-electron chi connectivity index (χ0n) is 16.6. The Hall–Kier alpha value is -2.86. The molecule has 1 aromatic carbocycles. The van der Waals surface area contributed by atoms with Crippen molar-refractivity contribution in [3.63, 3.8) is 0 Å². The van der Waals surface area contributed by atoms with Gasteiger partial charge >= 0.3 is 0 Å². The van der Waals surface area contributed by atoms with Crippen molar-refractivity contribution in [2.24, 2.45) is 4.99 Å². The molecule has 0 aliphatic carbocycles. The summed E-state index contributed by atoms with van der Waals surface area (Å²) < 4.78 is 20.3. The Labute approximate surface area is 175 Å². The van der Waals surface area contributed by atoms with E-state index in [9.17, 15) is 9.18 Å². The van der Waals surface area contributed by atoms with Crippen molar-refractivity contribution < 1.29 is 18.2 Å². The van der Waals surface area contributed by atoms with Gasteiger partial charge in [0, 0.05) is 17.7 Å². The van der Waals surface area contributed by atoms with Crippen LogP contribution in [-0.4, -0.2) is 10.8 Å². The van der Waals surface area contributed by atoms with E-state index in [1.807, 2.05) is 24.5 Å². The third-order valence-electron chi connectivity index (χ3n) is 4.60. The first kappa shape index (κ1) is 20.9. The van der Waals surface area contributed by atoms with Gasteiger partial charge in [-0.2, -0.15) is 4.57 Å². The number of furan rings is 1. The minimum absolute atomic E-state index is 0.0142. The van der Waals surface area contributed by atoms with E-state index >= 15 is 0 Å². The predicted molar refractivity (Wildman–Crippen MR) is 112 cm³/mol. The van der Waals surface area contributed by atoms with Crippen LogP contribution in [0.25, 0.3) is 0 Å². The first-order chi connectivity index (χ1) is 13.8. The number of hydrogen-bond donors (Lipinski definition) is 0. The third kappa shape index (κ3) is 5.15. The molecule has 0 unspecified atom stereocenters. The number of carbonyl (C=O) groups excluding carboxylic acids is 1. The molecular weight excluding hydrogens is 387 g/mol. The molecule has 3 rings (SSSR count). The van der Waals surface area contributed by atoms with Crippen LogP contribution in [0.4, 0.5) is 4.39 Å². The number of benzene rings is 1. The lowest BCUT2D eigenvalue weighted by Gasteiger charge is -2.21. The van der Waals surface area contributed by atoms with Crippen LogP contribution in [0.3, 0.4) is 0 Å². The van der Waals surface area contributed by atoms with Gasteiger partial charge in [0.1, 0.15) is 11.6 Å². The Balaban J connectivity index is 1.97. The van der Waals surface area contributed by atoms with Gasteiger partial charge in [-0.15, -0.1) is 0 Å². The van der Waals surface area contributed by atoms with Crippen molar-refractivity contribution in [3.05, 3.63) is 89.9 Å². The second-order valence-corrected chi connectivity index (χ2v) is 8.21. The first-order valence-corrected chi connectivity index (χ1v) is 9.71. The van der Waals surface area contributed by atoms with Crippen LogP contribution < -0.4 is 4.57 Å². The summed E-state index contributed by atoms with van der Waals surface area (Å²) in [6.45, 7) is 6.62. The van der Waals surface area contributed by atoms with Gasteiger partial charge in [0.15, 0.2) is 12.4 Å².